The fourth-order valence-corrected chi connectivity index (χ4v) is 4.37. The first-order chi connectivity index (χ1) is 15.5. The molecule has 0 aliphatic carbocycles. The smallest absolute Gasteiger partial charge is 0.146 e. The number of hydrogen-bond donors (Lipinski definition) is 2. The summed E-state index contributed by atoms with van der Waals surface area (Å²) in [6.07, 6.45) is 11.2. The lowest BCUT2D eigenvalue weighted by atomic mass is 9.82. The van der Waals surface area contributed by atoms with Crippen LogP contribution in [0.5, 0.6) is 17.2 Å². The van der Waals surface area contributed by atoms with Crippen molar-refractivity contribution in [2.45, 2.75) is 44.1 Å². The number of anilines is 1. The molecule has 0 radical (unpaired) electrons. The number of hydrogen-bond acceptors (Lipinski definition) is 4. The van der Waals surface area contributed by atoms with Gasteiger partial charge in [-0.3, -0.25) is 0 Å². The Morgan fingerprint density at radius 2 is 1.56 bits per heavy atom. The lowest BCUT2D eigenvalue weighted by molar-refractivity contribution is 0.00287. The molecule has 2 aromatic carbocycles. The third-order valence-corrected chi connectivity index (χ3v) is 5.94. The largest absolute Gasteiger partial charge is 0.507 e. The van der Waals surface area contributed by atoms with Crippen molar-refractivity contribution >= 4 is 5.69 Å². The summed E-state index contributed by atoms with van der Waals surface area (Å²) in [7, 11) is 0. The molecule has 0 fully saturated rings. The molecule has 168 valence electrons. The summed E-state index contributed by atoms with van der Waals surface area (Å²) in [5.74, 6) is 1.89. The van der Waals surface area contributed by atoms with Gasteiger partial charge < -0.3 is 20.3 Å². The Kier molecular flexibility index (Phi) is 7.47. The molecule has 0 spiro atoms. The Bertz CT molecular complexity index is 1010. The first kappa shape index (κ1) is 23.3. The molecule has 1 unspecified atom stereocenters. The van der Waals surface area contributed by atoms with Crippen molar-refractivity contribution in [3.05, 3.63) is 97.1 Å². The number of nitrogen functional groups attached to an aromatic ring is 1. The zero-order valence-electron chi connectivity index (χ0n) is 18.7. The van der Waals surface area contributed by atoms with Crippen LogP contribution >= 0.6 is 0 Å². The molecule has 1 heterocycles. The average Bonchev–Trinajstić information content (AvgIpc) is 2.79. The molecule has 2 aromatic rings. The van der Waals surface area contributed by atoms with Gasteiger partial charge in [0, 0.05) is 34.4 Å². The number of phenolic OH excluding ortho intramolecular Hbond substituents is 1. The quantitative estimate of drug-likeness (QED) is 0.344. The molecule has 0 saturated heterocycles. The molecular weight excluding hydrogens is 398 g/mol. The molecular formula is C28H33NO3. The second-order valence-electron chi connectivity index (χ2n) is 8.21. The number of fused-ring (bicyclic) bond motifs is 1. The van der Waals surface area contributed by atoms with Gasteiger partial charge in [0.25, 0.3) is 0 Å². The van der Waals surface area contributed by atoms with E-state index in [0.717, 1.165) is 46.6 Å². The predicted octanol–water partition coefficient (Wildman–Crippen LogP) is 5.88. The van der Waals surface area contributed by atoms with Crippen LogP contribution in [0.15, 0.2) is 74.9 Å². The Morgan fingerprint density at radius 3 is 2.19 bits per heavy atom. The molecule has 0 amide bonds. The first-order valence-corrected chi connectivity index (χ1v) is 11.0. The third kappa shape index (κ3) is 4.75. The van der Waals surface area contributed by atoms with Crippen molar-refractivity contribution in [3.8, 4) is 17.2 Å². The Hall–Kier alpha value is -3.40. The van der Waals surface area contributed by atoms with Crippen LogP contribution in [-0.2, 0) is 25.7 Å². The number of ether oxygens (including phenoxy) is 2. The van der Waals surface area contributed by atoms with Gasteiger partial charge in [0.2, 0.25) is 0 Å². The Labute approximate surface area is 191 Å². The summed E-state index contributed by atoms with van der Waals surface area (Å²) in [6, 6.07) is 7.36. The van der Waals surface area contributed by atoms with Gasteiger partial charge in [0.15, 0.2) is 0 Å². The Morgan fingerprint density at radius 1 is 0.938 bits per heavy atom. The van der Waals surface area contributed by atoms with E-state index in [4.69, 9.17) is 15.2 Å². The van der Waals surface area contributed by atoms with Crippen LogP contribution in [0.3, 0.4) is 0 Å². The van der Waals surface area contributed by atoms with E-state index >= 15 is 0 Å². The monoisotopic (exact) mass is 431 g/mol. The molecule has 1 aliphatic rings. The van der Waals surface area contributed by atoms with Crippen LogP contribution in [0.25, 0.3) is 0 Å². The lowest BCUT2D eigenvalue weighted by Crippen LogP contribution is -2.45. The van der Waals surface area contributed by atoms with Crippen LogP contribution < -0.4 is 15.2 Å². The summed E-state index contributed by atoms with van der Waals surface area (Å²) >= 11 is 0. The minimum atomic E-state index is -0.556. The summed E-state index contributed by atoms with van der Waals surface area (Å²) in [6.45, 7) is 16.0. The van der Waals surface area contributed by atoms with Gasteiger partial charge >= 0.3 is 0 Å². The minimum Gasteiger partial charge on any atom is -0.507 e. The van der Waals surface area contributed by atoms with Crippen LogP contribution in [0.4, 0.5) is 5.69 Å². The van der Waals surface area contributed by atoms with Gasteiger partial charge in [-0.15, -0.1) is 26.3 Å². The molecule has 4 heteroatoms. The molecule has 3 N–H and O–H groups in total. The minimum absolute atomic E-state index is 0.318. The van der Waals surface area contributed by atoms with Crippen molar-refractivity contribution in [1.29, 1.82) is 0 Å². The molecule has 1 aliphatic heterocycles. The number of phenols is 1. The first-order valence-electron chi connectivity index (χ1n) is 11.0. The molecule has 1 atom stereocenters. The SMILES string of the molecule is C=CCc1c(O)c(CC=C)c2c(c1CC=C)OC(CC=C)(COc1ccc(N)cc1)CC2. The van der Waals surface area contributed by atoms with E-state index in [2.05, 4.69) is 26.3 Å². The van der Waals surface area contributed by atoms with Gasteiger partial charge in [0.1, 0.15) is 29.5 Å². The second-order valence-corrected chi connectivity index (χ2v) is 8.21. The molecule has 0 bridgehead atoms. The highest BCUT2D eigenvalue weighted by Gasteiger charge is 2.39. The van der Waals surface area contributed by atoms with Gasteiger partial charge in [-0.05, 0) is 56.4 Å². The van der Waals surface area contributed by atoms with Gasteiger partial charge in [-0.1, -0.05) is 24.3 Å². The van der Waals surface area contributed by atoms with Crippen molar-refractivity contribution in [1.82, 2.24) is 0 Å². The number of aromatic hydroxyl groups is 1. The maximum atomic E-state index is 11.1. The number of nitrogens with two attached hydrogens (primary N) is 1. The fraction of sp³-hybridized carbons (Fsp3) is 0.286. The number of rotatable bonds is 11. The van der Waals surface area contributed by atoms with Crippen molar-refractivity contribution in [3.63, 3.8) is 0 Å². The normalized spacial score (nSPS) is 17.0. The zero-order chi connectivity index (χ0) is 23.1. The summed E-state index contributed by atoms with van der Waals surface area (Å²) < 4.78 is 12.9. The topological polar surface area (TPSA) is 64.7 Å². The molecule has 0 aromatic heterocycles. The maximum Gasteiger partial charge on any atom is 0.146 e. The van der Waals surface area contributed by atoms with Crippen LogP contribution in [0, 0.1) is 0 Å². The summed E-state index contributed by atoms with van der Waals surface area (Å²) in [4.78, 5) is 0. The van der Waals surface area contributed by atoms with E-state index in [-0.39, 0.29) is 0 Å². The average molecular weight is 432 g/mol. The van der Waals surface area contributed by atoms with Crippen molar-refractivity contribution < 1.29 is 14.6 Å². The highest BCUT2D eigenvalue weighted by atomic mass is 16.5. The van der Waals surface area contributed by atoms with E-state index in [1.807, 2.05) is 42.5 Å². The van der Waals surface area contributed by atoms with Gasteiger partial charge in [-0.25, -0.2) is 0 Å². The fourth-order valence-electron chi connectivity index (χ4n) is 4.37. The highest BCUT2D eigenvalue weighted by Crippen LogP contribution is 2.46. The van der Waals surface area contributed by atoms with Crippen molar-refractivity contribution in [2.24, 2.45) is 0 Å². The van der Waals surface area contributed by atoms with E-state index < -0.39 is 5.60 Å². The maximum absolute atomic E-state index is 11.1. The van der Waals surface area contributed by atoms with E-state index in [9.17, 15) is 5.11 Å². The standard InChI is InChI=1S/C28H33NO3/c1-5-9-22-24(11-7-3)27-25(23(10-6-2)26(22)30)16-18-28(32-27,17-8-4)19-31-21-14-12-20(29)13-15-21/h5-8,12-15,30H,1-4,9-11,16-19,29H2. The van der Waals surface area contributed by atoms with Crippen LogP contribution in [0.2, 0.25) is 0 Å². The summed E-state index contributed by atoms with van der Waals surface area (Å²) in [5, 5.41) is 11.1. The molecule has 0 saturated carbocycles. The van der Waals surface area contributed by atoms with E-state index in [1.165, 1.54) is 0 Å². The molecule has 3 rings (SSSR count). The summed E-state index contributed by atoms with van der Waals surface area (Å²) in [5.41, 5.74) is 9.65. The zero-order valence-corrected chi connectivity index (χ0v) is 18.7. The van der Waals surface area contributed by atoms with Crippen LogP contribution in [-0.4, -0.2) is 17.3 Å². The molecule has 32 heavy (non-hydrogen) atoms. The highest BCUT2D eigenvalue weighted by molar-refractivity contribution is 5.61. The number of allylic oxidation sites excluding steroid dienone is 3. The lowest BCUT2D eigenvalue weighted by Gasteiger charge is -2.40. The van der Waals surface area contributed by atoms with Gasteiger partial charge in [0.05, 0.1) is 0 Å². The predicted molar refractivity (Wildman–Crippen MR) is 133 cm³/mol. The van der Waals surface area contributed by atoms with E-state index in [0.29, 0.717) is 43.7 Å². The van der Waals surface area contributed by atoms with E-state index in [1.54, 1.807) is 6.08 Å². The second kappa shape index (κ2) is 10.3. The van der Waals surface area contributed by atoms with Gasteiger partial charge in [-0.2, -0.15) is 0 Å². The number of benzene rings is 2. The third-order valence-electron chi connectivity index (χ3n) is 5.94. The Balaban J connectivity index is 2.05. The molecule has 4 nitrogen and oxygen atoms in total. The van der Waals surface area contributed by atoms with Crippen molar-refractivity contribution in [2.75, 3.05) is 12.3 Å². The van der Waals surface area contributed by atoms with Crippen LogP contribution in [0.1, 0.15) is 35.1 Å².